The summed E-state index contributed by atoms with van der Waals surface area (Å²) in [4.78, 5) is 14.7. The number of carbonyl (C=O) groups excluding carboxylic acids is 1. The Morgan fingerprint density at radius 2 is 1.86 bits per heavy atom. The van der Waals surface area contributed by atoms with Crippen LogP contribution in [0.2, 0.25) is 0 Å². The average Bonchev–Trinajstić information content (AvgIpc) is 2.91. The Balaban J connectivity index is 1.55. The minimum absolute atomic E-state index is 0.199. The van der Waals surface area contributed by atoms with Gasteiger partial charge in [0.2, 0.25) is 10.0 Å². The molecule has 1 amide bonds. The third-order valence-corrected chi connectivity index (χ3v) is 6.04. The van der Waals surface area contributed by atoms with E-state index in [-0.39, 0.29) is 18.9 Å². The van der Waals surface area contributed by atoms with Crippen molar-refractivity contribution in [3.05, 3.63) is 54.6 Å². The fourth-order valence-corrected chi connectivity index (χ4v) is 4.26. The number of anilines is 2. The number of rotatable bonds is 7. The van der Waals surface area contributed by atoms with Crippen LogP contribution in [0.15, 0.2) is 54.6 Å². The molecule has 0 bridgehead atoms. The van der Waals surface area contributed by atoms with E-state index in [0.29, 0.717) is 18.0 Å². The molecule has 0 spiro atoms. The highest BCUT2D eigenvalue weighted by atomic mass is 32.2. The zero-order valence-corrected chi connectivity index (χ0v) is 17.6. The molecule has 0 aliphatic carbocycles. The first-order chi connectivity index (χ1) is 13.9. The summed E-state index contributed by atoms with van der Waals surface area (Å²) in [6, 6.07) is 17.0. The lowest BCUT2D eigenvalue weighted by Crippen LogP contribution is -2.40. The molecule has 156 valence electrons. The van der Waals surface area contributed by atoms with Gasteiger partial charge in [0.1, 0.15) is 5.75 Å². The smallest absolute Gasteiger partial charge is 0.261 e. The maximum absolute atomic E-state index is 12.6. The summed E-state index contributed by atoms with van der Waals surface area (Å²) in [7, 11) is -1.44. The molecule has 1 aliphatic rings. The monoisotopic (exact) mass is 417 g/mol. The molecule has 0 fully saturated rings. The van der Waals surface area contributed by atoms with Crippen molar-refractivity contribution < 1.29 is 17.9 Å². The minimum atomic E-state index is -3.45. The number of hydrogen-bond donors (Lipinski definition) is 1. The van der Waals surface area contributed by atoms with Crippen LogP contribution in [0, 0.1) is 0 Å². The molecule has 0 aromatic heterocycles. The van der Waals surface area contributed by atoms with Gasteiger partial charge in [0, 0.05) is 38.8 Å². The minimum Gasteiger partial charge on any atom is -0.478 e. The highest BCUT2D eigenvalue weighted by Gasteiger charge is 2.30. The van der Waals surface area contributed by atoms with Crippen molar-refractivity contribution in [1.82, 2.24) is 5.32 Å². The van der Waals surface area contributed by atoms with Crippen LogP contribution in [0.5, 0.6) is 5.75 Å². The van der Waals surface area contributed by atoms with Gasteiger partial charge in [-0.15, -0.1) is 0 Å². The summed E-state index contributed by atoms with van der Waals surface area (Å²) in [6.07, 6.45) is 1.51. The van der Waals surface area contributed by atoms with Gasteiger partial charge in [-0.3, -0.25) is 9.10 Å². The Bertz CT molecular complexity index is 934. The van der Waals surface area contributed by atoms with Gasteiger partial charge in [0.05, 0.1) is 11.9 Å². The normalized spacial score (nSPS) is 16.3. The van der Waals surface area contributed by atoms with Gasteiger partial charge in [-0.25, -0.2) is 8.42 Å². The molecule has 1 aliphatic heterocycles. The Morgan fingerprint density at radius 3 is 2.59 bits per heavy atom. The van der Waals surface area contributed by atoms with Crippen LogP contribution < -0.4 is 19.3 Å². The number of fused-ring (bicyclic) bond motifs is 1. The van der Waals surface area contributed by atoms with Gasteiger partial charge in [-0.05, 0) is 30.7 Å². The fraction of sp³-hybridized carbons (Fsp3) is 0.381. The molecule has 1 atom stereocenters. The summed E-state index contributed by atoms with van der Waals surface area (Å²) in [5, 5.41) is 2.91. The maximum Gasteiger partial charge on any atom is 0.261 e. The van der Waals surface area contributed by atoms with E-state index in [4.69, 9.17) is 4.74 Å². The quantitative estimate of drug-likeness (QED) is 0.699. The molecule has 7 nitrogen and oxygen atoms in total. The molecular weight excluding hydrogens is 390 g/mol. The second-order valence-electron chi connectivity index (χ2n) is 7.10. The summed E-state index contributed by atoms with van der Waals surface area (Å²) < 4.78 is 31.4. The first-order valence-corrected chi connectivity index (χ1v) is 11.5. The van der Waals surface area contributed by atoms with Crippen LogP contribution >= 0.6 is 0 Å². The number of nitrogens with one attached hydrogen (secondary N) is 1. The Kier molecular flexibility index (Phi) is 6.64. The van der Waals surface area contributed by atoms with Crippen molar-refractivity contribution in [2.75, 3.05) is 42.1 Å². The van der Waals surface area contributed by atoms with Crippen molar-refractivity contribution in [2.24, 2.45) is 0 Å². The predicted molar refractivity (Wildman–Crippen MR) is 115 cm³/mol. The van der Waals surface area contributed by atoms with Crippen molar-refractivity contribution in [1.29, 1.82) is 0 Å². The lowest BCUT2D eigenvalue weighted by molar-refractivity contribution is -0.128. The number of sulfonamides is 1. The number of carbonyl (C=O) groups is 1. The summed E-state index contributed by atoms with van der Waals surface area (Å²) in [5.74, 6) is 0.178. The van der Waals surface area contributed by atoms with Gasteiger partial charge >= 0.3 is 0 Å². The summed E-state index contributed by atoms with van der Waals surface area (Å²) in [6.45, 7) is 1.53. The average molecular weight is 418 g/mol. The number of ether oxygens (including phenoxy) is 1. The molecule has 0 radical (unpaired) electrons. The molecule has 0 saturated heterocycles. The van der Waals surface area contributed by atoms with Crippen molar-refractivity contribution in [3.8, 4) is 5.75 Å². The first-order valence-electron chi connectivity index (χ1n) is 9.63. The van der Waals surface area contributed by atoms with Gasteiger partial charge in [-0.1, -0.05) is 30.3 Å². The van der Waals surface area contributed by atoms with E-state index in [9.17, 15) is 13.2 Å². The Labute approximate surface area is 172 Å². The van der Waals surface area contributed by atoms with E-state index in [1.54, 1.807) is 24.3 Å². The summed E-state index contributed by atoms with van der Waals surface area (Å²) >= 11 is 0. The number of benzene rings is 2. The molecule has 1 heterocycles. The van der Waals surface area contributed by atoms with E-state index in [0.717, 1.165) is 24.9 Å². The van der Waals surface area contributed by atoms with Crippen molar-refractivity contribution >= 4 is 27.3 Å². The topological polar surface area (TPSA) is 79.0 Å². The second-order valence-corrected chi connectivity index (χ2v) is 9.01. The molecule has 1 N–H and O–H groups in total. The molecule has 2 aromatic rings. The molecule has 0 saturated carbocycles. The van der Waals surface area contributed by atoms with Crippen LogP contribution in [-0.4, -0.2) is 53.4 Å². The lowest BCUT2D eigenvalue weighted by Gasteiger charge is -2.20. The van der Waals surface area contributed by atoms with Crippen LogP contribution in [0.3, 0.4) is 0 Å². The second kappa shape index (κ2) is 9.17. The van der Waals surface area contributed by atoms with Crippen LogP contribution in [-0.2, 0) is 14.8 Å². The zero-order chi connectivity index (χ0) is 20.9. The van der Waals surface area contributed by atoms with Crippen LogP contribution in [0.25, 0.3) is 0 Å². The third kappa shape index (κ3) is 5.41. The largest absolute Gasteiger partial charge is 0.478 e. The SMILES string of the molecule is CN(CCCNC(=O)[C@H]1CCN(S(C)(=O)=O)c2ccccc2O1)c1ccccc1. The van der Waals surface area contributed by atoms with Gasteiger partial charge in [0.15, 0.2) is 6.10 Å². The standard InChI is InChI=1S/C21H27N3O4S/c1-23(17-9-4-3-5-10-17)15-8-14-22-21(25)20-13-16-24(29(2,26)27)18-11-6-7-12-19(18)28-20/h3-7,9-12,20H,8,13-16H2,1-2H3,(H,22,25)/t20-/m1/s1. The van der Waals surface area contributed by atoms with E-state index in [1.165, 1.54) is 4.31 Å². The van der Waals surface area contributed by atoms with E-state index >= 15 is 0 Å². The van der Waals surface area contributed by atoms with Crippen molar-refractivity contribution in [2.45, 2.75) is 18.9 Å². The zero-order valence-electron chi connectivity index (χ0n) is 16.7. The molecular formula is C21H27N3O4S. The Morgan fingerprint density at radius 1 is 1.17 bits per heavy atom. The van der Waals surface area contributed by atoms with E-state index < -0.39 is 16.1 Å². The van der Waals surface area contributed by atoms with Crippen LogP contribution in [0.4, 0.5) is 11.4 Å². The van der Waals surface area contributed by atoms with E-state index in [2.05, 4.69) is 10.2 Å². The molecule has 3 rings (SSSR count). The summed E-state index contributed by atoms with van der Waals surface area (Å²) in [5.41, 5.74) is 1.60. The molecule has 2 aromatic carbocycles. The highest BCUT2D eigenvalue weighted by Crippen LogP contribution is 2.33. The third-order valence-electron chi connectivity index (χ3n) is 4.86. The van der Waals surface area contributed by atoms with Crippen LogP contribution in [0.1, 0.15) is 12.8 Å². The number of para-hydroxylation sites is 3. The number of hydrogen-bond acceptors (Lipinski definition) is 5. The van der Waals surface area contributed by atoms with Crippen molar-refractivity contribution in [3.63, 3.8) is 0 Å². The lowest BCUT2D eigenvalue weighted by atomic mass is 10.2. The highest BCUT2D eigenvalue weighted by molar-refractivity contribution is 7.92. The maximum atomic E-state index is 12.6. The molecule has 8 heteroatoms. The predicted octanol–water partition coefficient (Wildman–Crippen LogP) is 2.25. The van der Waals surface area contributed by atoms with E-state index in [1.807, 2.05) is 37.4 Å². The van der Waals surface area contributed by atoms with Gasteiger partial charge in [0.25, 0.3) is 5.91 Å². The first kappa shape index (κ1) is 21.0. The number of nitrogens with zero attached hydrogens (tertiary/aromatic N) is 2. The number of amides is 1. The molecule has 0 unspecified atom stereocenters. The molecule has 29 heavy (non-hydrogen) atoms. The van der Waals surface area contributed by atoms with Gasteiger partial charge in [-0.2, -0.15) is 0 Å². The Hall–Kier alpha value is -2.74. The van der Waals surface area contributed by atoms with Gasteiger partial charge < -0.3 is 15.0 Å². The fourth-order valence-electron chi connectivity index (χ4n) is 3.31.